The van der Waals surface area contributed by atoms with Gasteiger partial charge in [0.2, 0.25) is 5.91 Å². The maximum Gasteiger partial charge on any atom is 0.289 e. The van der Waals surface area contributed by atoms with E-state index < -0.39 is 0 Å². The van der Waals surface area contributed by atoms with Crippen LogP contribution in [0, 0.1) is 0 Å². The Kier molecular flexibility index (Phi) is 4.59. The number of rotatable bonds is 2. The van der Waals surface area contributed by atoms with Crippen molar-refractivity contribution in [1.29, 1.82) is 0 Å². The van der Waals surface area contributed by atoms with Crippen molar-refractivity contribution in [1.82, 2.24) is 14.8 Å². The largest absolute Gasteiger partial charge is 0.459 e. The van der Waals surface area contributed by atoms with Gasteiger partial charge in [-0.1, -0.05) is 11.6 Å². The van der Waals surface area contributed by atoms with E-state index >= 15 is 0 Å². The molecule has 2 aliphatic rings. The molecular formula is C22H22ClN3O3. The molecule has 1 saturated heterocycles. The van der Waals surface area contributed by atoms with Gasteiger partial charge in [0.15, 0.2) is 5.76 Å². The van der Waals surface area contributed by atoms with E-state index in [2.05, 4.69) is 4.98 Å². The van der Waals surface area contributed by atoms with E-state index in [0.717, 1.165) is 35.9 Å². The summed E-state index contributed by atoms with van der Waals surface area (Å²) >= 11 is 6.19. The predicted molar refractivity (Wildman–Crippen MR) is 110 cm³/mol. The molecule has 0 unspecified atom stereocenters. The monoisotopic (exact) mass is 411 g/mol. The second-order valence-corrected chi connectivity index (χ2v) is 8.18. The number of aromatic amines is 1. The van der Waals surface area contributed by atoms with Gasteiger partial charge in [-0.15, -0.1) is 0 Å². The Morgan fingerprint density at radius 2 is 1.90 bits per heavy atom. The molecule has 3 heterocycles. The minimum Gasteiger partial charge on any atom is -0.459 e. The number of carbonyl (C=O) groups excluding carboxylic acids is 2. The molecule has 6 nitrogen and oxygen atoms in total. The lowest BCUT2D eigenvalue weighted by atomic mass is 9.85. The zero-order chi connectivity index (χ0) is 20.0. The summed E-state index contributed by atoms with van der Waals surface area (Å²) in [7, 11) is 0. The highest BCUT2D eigenvalue weighted by Crippen LogP contribution is 2.38. The average Bonchev–Trinajstić information content (AvgIpc) is 3.41. The third-order valence-electron chi connectivity index (χ3n) is 6.08. The Morgan fingerprint density at radius 3 is 2.66 bits per heavy atom. The van der Waals surface area contributed by atoms with Crippen LogP contribution in [0.25, 0.3) is 10.9 Å². The molecule has 1 aromatic carbocycles. The normalized spacial score (nSPS) is 19.4. The first-order chi connectivity index (χ1) is 14.1. The van der Waals surface area contributed by atoms with Gasteiger partial charge in [0, 0.05) is 47.8 Å². The van der Waals surface area contributed by atoms with Gasteiger partial charge in [0.05, 0.1) is 12.2 Å². The van der Waals surface area contributed by atoms with E-state index in [1.165, 1.54) is 11.8 Å². The minimum atomic E-state index is -0.155. The molecule has 1 atom stereocenters. The topological polar surface area (TPSA) is 69.6 Å². The molecule has 1 fully saturated rings. The number of nitrogens with zero attached hydrogens (tertiary/aromatic N) is 2. The van der Waals surface area contributed by atoms with Gasteiger partial charge in [0.25, 0.3) is 5.91 Å². The van der Waals surface area contributed by atoms with Crippen LogP contribution < -0.4 is 0 Å². The van der Waals surface area contributed by atoms with Crippen molar-refractivity contribution in [3.8, 4) is 0 Å². The molecule has 150 valence electrons. The standard InChI is InChI=1S/C22H22ClN3O3/c23-14-6-7-18-17(13-14)15-3-1-4-16(20(15)24-18)21(27)25-8-10-26(11-9-25)22(28)19-5-2-12-29-19/h2,5-7,12-13,16,24H,1,3-4,8-11H2/t16-/m0/s1. The number of piperazine rings is 1. The van der Waals surface area contributed by atoms with E-state index in [9.17, 15) is 9.59 Å². The van der Waals surface area contributed by atoms with Crippen LogP contribution in [0.5, 0.6) is 0 Å². The maximum absolute atomic E-state index is 13.3. The molecule has 0 saturated carbocycles. The fourth-order valence-corrected chi connectivity index (χ4v) is 4.76. The van der Waals surface area contributed by atoms with Gasteiger partial charge in [-0.2, -0.15) is 0 Å². The van der Waals surface area contributed by atoms with Crippen molar-refractivity contribution in [2.24, 2.45) is 0 Å². The number of benzene rings is 1. The molecule has 0 spiro atoms. The van der Waals surface area contributed by atoms with Gasteiger partial charge in [0.1, 0.15) is 0 Å². The molecule has 5 rings (SSSR count). The van der Waals surface area contributed by atoms with Gasteiger partial charge < -0.3 is 19.2 Å². The summed E-state index contributed by atoms with van der Waals surface area (Å²) in [4.78, 5) is 32.9. The lowest BCUT2D eigenvalue weighted by Gasteiger charge is -2.36. The maximum atomic E-state index is 13.3. The zero-order valence-electron chi connectivity index (χ0n) is 16.0. The molecule has 2 aromatic heterocycles. The molecule has 3 aromatic rings. The summed E-state index contributed by atoms with van der Waals surface area (Å²) in [5, 5.41) is 1.84. The molecule has 0 bridgehead atoms. The second kappa shape index (κ2) is 7.26. The molecule has 29 heavy (non-hydrogen) atoms. The zero-order valence-corrected chi connectivity index (χ0v) is 16.7. The molecule has 1 aliphatic carbocycles. The quantitative estimate of drug-likeness (QED) is 0.697. The van der Waals surface area contributed by atoms with Gasteiger partial charge in [-0.25, -0.2) is 0 Å². The summed E-state index contributed by atoms with van der Waals surface area (Å²) < 4.78 is 5.21. The van der Waals surface area contributed by atoms with Crippen LogP contribution >= 0.6 is 11.6 Å². The Labute approximate surface area is 173 Å². The van der Waals surface area contributed by atoms with Crippen LogP contribution in [-0.2, 0) is 11.2 Å². The number of hydrogen-bond donors (Lipinski definition) is 1. The SMILES string of the molecule is O=C(c1ccco1)N1CCN(C(=O)[C@H]2CCCc3c2[nH]c2ccc(Cl)cc32)CC1. The third kappa shape index (κ3) is 3.21. The number of aryl methyl sites for hydroxylation is 1. The first-order valence-corrected chi connectivity index (χ1v) is 10.4. The van der Waals surface area contributed by atoms with E-state index in [1.54, 1.807) is 17.0 Å². The number of furan rings is 1. The van der Waals surface area contributed by atoms with Crippen LogP contribution in [0.15, 0.2) is 41.0 Å². The van der Waals surface area contributed by atoms with Gasteiger partial charge in [-0.3, -0.25) is 9.59 Å². The third-order valence-corrected chi connectivity index (χ3v) is 6.31. The highest BCUT2D eigenvalue weighted by molar-refractivity contribution is 6.31. The lowest BCUT2D eigenvalue weighted by molar-refractivity contribution is -0.134. The highest BCUT2D eigenvalue weighted by atomic mass is 35.5. The van der Waals surface area contributed by atoms with Crippen molar-refractivity contribution >= 4 is 34.3 Å². The minimum absolute atomic E-state index is 0.116. The molecular weight excluding hydrogens is 390 g/mol. The Hall–Kier alpha value is -2.73. The molecule has 1 aliphatic heterocycles. The highest BCUT2D eigenvalue weighted by Gasteiger charge is 2.34. The number of hydrogen-bond acceptors (Lipinski definition) is 3. The first kappa shape index (κ1) is 18.3. The molecule has 1 N–H and O–H groups in total. The summed E-state index contributed by atoms with van der Waals surface area (Å²) in [5.74, 6) is 0.221. The van der Waals surface area contributed by atoms with Crippen LogP contribution in [0.2, 0.25) is 5.02 Å². The van der Waals surface area contributed by atoms with Crippen molar-refractivity contribution in [3.05, 3.63) is 58.6 Å². The van der Waals surface area contributed by atoms with Crippen molar-refractivity contribution in [2.45, 2.75) is 25.2 Å². The van der Waals surface area contributed by atoms with E-state index in [-0.39, 0.29) is 17.7 Å². The molecule has 2 amide bonds. The lowest BCUT2D eigenvalue weighted by Crippen LogP contribution is -2.51. The van der Waals surface area contributed by atoms with Crippen LogP contribution in [-0.4, -0.2) is 52.8 Å². The number of fused-ring (bicyclic) bond motifs is 3. The van der Waals surface area contributed by atoms with Crippen LogP contribution in [0.4, 0.5) is 0 Å². The van der Waals surface area contributed by atoms with E-state index in [1.807, 2.05) is 23.1 Å². The number of aromatic nitrogens is 1. The van der Waals surface area contributed by atoms with Gasteiger partial charge >= 0.3 is 0 Å². The number of carbonyl (C=O) groups is 2. The summed E-state index contributed by atoms with van der Waals surface area (Å²) in [6.07, 6.45) is 4.30. The second-order valence-electron chi connectivity index (χ2n) is 7.75. The van der Waals surface area contributed by atoms with Crippen molar-refractivity contribution < 1.29 is 14.0 Å². The van der Waals surface area contributed by atoms with Crippen LogP contribution in [0.1, 0.15) is 40.6 Å². The smallest absolute Gasteiger partial charge is 0.289 e. The number of halogens is 1. The fourth-order valence-electron chi connectivity index (χ4n) is 4.59. The number of nitrogens with one attached hydrogen (secondary N) is 1. The van der Waals surface area contributed by atoms with Crippen molar-refractivity contribution in [2.75, 3.05) is 26.2 Å². The van der Waals surface area contributed by atoms with E-state index in [4.69, 9.17) is 16.0 Å². The number of amides is 2. The summed E-state index contributed by atoms with van der Waals surface area (Å²) in [6, 6.07) is 9.22. The van der Waals surface area contributed by atoms with Gasteiger partial charge in [-0.05, 0) is 55.2 Å². The summed E-state index contributed by atoms with van der Waals surface area (Å²) in [5.41, 5.74) is 3.29. The molecule has 7 heteroatoms. The Balaban J connectivity index is 1.32. The average molecular weight is 412 g/mol. The Bertz CT molecular complexity index is 1060. The van der Waals surface area contributed by atoms with Crippen molar-refractivity contribution in [3.63, 3.8) is 0 Å². The number of H-pyrrole nitrogens is 1. The van der Waals surface area contributed by atoms with Crippen LogP contribution in [0.3, 0.4) is 0 Å². The fraction of sp³-hybridized carbons (Fsp3) is 0.364. The molecule has 0 radical (unpaired) electrons. The summed E-state index contributed by atoms with van der Waals surface area (Å²) in [6.45, 7) is 2.13. The Morgan fingerprint density at radius 1 is 1.10 bits per heavy atom. The van der Waals surface area contributed by atoms with E-state index in [0.29, 0.717) is 37.0 Å². The predicted octanol–water partition coefficient (Wildman–Crippen LogP) is 3.82. The first-order valence-electron chi connectivity index (χ1n) is 10.0.